The van der Waals surface area contributed by atoms with Crippen LogP contribution in [0.4, 0.5) is 0 Å². The molecular weight excluding hydrogens is 362 g/mol. The molecule has 0 fully saturated rings. The Morgan fingerprint density at radius 1 is 1.11 bits per heavy atom. The first-order valence-electron chi connectivity index (χ1n) is 8.46. The van der Waals surface area contributed by atoms with Gasteiger partial charge in [0, 0.05) is 11.8 Å². The number of rotatable bonds is 5. The Kier molecular flexibility index (Phi) is 3.88. The number of fused-ring (bicyclic) bond motifs is 2. The first-order valence-corrected chi connectivity index (χ1v) is 9.34. The summed E-state index contributed by atoms with van der Waals surface area (Å²) in [6.45, 7) is 1.10. The predicted octanol–water partition coefficient (Wildman–Crippen LogP) is 2.34. The summed E-state index contributed by atoms with van der Waals surface area (Å²) in [5.74, 6) is 0. The molecule has 0 amide bonds. The highest BCUT2D eigenvalue weighted by Crippen LogP contribution is 2.22. The zero-order valence-electron chi connectivity index (χ0n) is 14.2. The zero-order valence-corrected chi connectivity index (χ0v) is 15.0. The maximum Gasteiger partial charge on any atom is 0.179 e. The number of benzene rings is 1. The molecular formula is C18H15N7OS. The van der Waals surface area contributed by atoms with E-state index in [-0.39, 0.29) is 6.61 Å². The Balaban J connectivity index is 1.50. The molecule has 5 aromatic rings. The molecule has 1 aromatic carbocycles. The smallest absolute Gasteiger partial charge is 0.179 e. The molecule has 0 aliphatic heterocycles. The molecule has 0 radical (unpaired) electrons. The van der Waals surface area contributed by atoms with Gasteiger partial charge in [0.05, 0.1) is 47.3 Å². The van der Waals surface area contributed by atoms with Crippen molar-refractivity contribution in [2.75, 3.05) is 6.61 Å². The van der Waals surface area contributed by atoms with Crippen LogP contribution in [0.1, 0.15) is 5.56 Å². The number of thiazole rings is 1. The summed E-state index contributed by atoms with van der Waals surface area (Å²) in [4.78, 5) is 9.05. The van der Waals surface area contributed by atoms with Crippen LogP contribution < -0.4 is 0 Å². The Bertz CT molecular complexity index is 1240. The monoisotopic (exact) mass is 377 g/mol. The normalized spacial score (nSPS) is 11.6. The van der Waals surface area contributed by atoms with Crippen molar-refractivity contribution in [1.82, 2.24) is 34.7 Å². The van der Waals surface area contributed by atoms with Crippen LogP contribution in [0.25, 0.3) is 32.6 Å². The van der Waals surface area contributed by atoms with E-state index in [2.05, 4.69) is 32.5 Å². The van der Waals surface area contributed by atoms with Crippen LogP contribution in [0.15, 0.2) is 48.2 Å². The van der Waals surface area contributed by atoms with Gasteiger partial charge in [-0.3, -0.25) is 4.68 Å². The maximum atomic E-state index is 9.04. The third kappa shape index (κ3) is 2.96. The van der Waals surface area contributed by atoms with Crippen molar-refractivity contribution in [3.05, 3.63) is 53.8 Å². The van der Waals surface area contributed by atoms with Crippen LogP contribution in [0.5, 0.6) is 0 Å². The summed E-state index contributed by atoms with van der Waals surface area (Å²) in [6, 6.07) is 10.0. The lowest BCUT2D eigenvalue weighted by molar-refractivity contribution is 0.269. The van der Waals surface area contributed by atoms with Gasteiger partial charge in [0.25, 0.3) is 0 Å². The molecule has 9 heteroatoms. The van der Waals surface area contributed by atoms with E-state index in [4.69, 9.17) is 10.1 Å². The summed E-state index contributed by atoms with van der Waals surface area (Å²) in [7, 11) is 0. The number of aromatic nitrogens is 7. The van der Waals surface area contributed by atoms with E-state index in [9.17, 15) is 0 Å². The Morgan fingerprint density at radius 2 is 2.04 bits per heavy atom. The third-order valence-corrected chi connectivity index (χ3v) is 5.14. The predicted molar refractivity (Wildman–Crippen MR) is 102 cm³/mol. The van der Waals surface area contributed by atoms with Crippen molar-refractivity contribution < 1.29 is 5.11 Å². The summed E-state index contributed by atoms with van der Waals surface area (Å²) in [6.07, 6.45) is 3.62. The molecule has 0 aliphatic rings. The molecule has 0 aliphatic carbocycles. The lowest BCUT2D eigenvalue weighted by atomic mass is 10.2. The molecule has 1 N–H and O–H groups in total. The largest absolute Gasteiger partial charge is 0.394 e. The number of aliphatic hydroxyl groups is 1. The van der Waals surface area contributed by atoms with Crippen LogP contribution in [0, 0.1) is 0 Å². The molecule has 0 saturated carbocycles. The van der Waals surface area contributed by atoms with Crippen molar-refractivity contribution in [1.29, 1.82) is 0 Å². The molecule has 4 heterocycles. The molecule has 4 aromatic heterocycles. The lowest BCUT2D eigenvalue weighted by Gasteiger charge is -2.03. The van der Waals surface area contributed by atoms with Gasteiger partial charge in [-0.1, -0.05) is 11.3 Å². The molecule has 0 atom stereocenters. The van der Waals surface area contributed by atoms with Gasteiger partial charge in [-0.25, -0.2) is 14.6 Å². The zero-order chi connectivity index (χ0) is 18.2. The first-order chi connectivity index (χ1) is 13.3. The molecule has 5 rings (SSSR count). The Labute approximate surface area is 157 Å². The van der Waals surface area contributed by atoms with Gasteiger partial charge < -0.3 is 5.11 Å². The van der Waals surface area contributed by atoms with Crippen molar-refractivity contribution in [3.63, 3.8) is 0 Å². The average Bonchev–Trinajstić information content (AvgIpc) is 3.41. The molecule has 0 bridgehead atoms. The highest BCUT2D eigenvalue weighted by molar-refractivity contribution is 7.16. The second kappa shape index (κ2) is 6.53. The second-order valence-electron chi connectivity index (χ2n) is 6.16. The summed E-state index contributed by atoms with van der Waals surface area (Å²) in [5, 5.41) is 21.8. The SMILES string of the molecule is OCCn1cc(-c2ccc3nnn(Cc4ccc5ncsc5c4)c3n2)cn1. The number of pyridine rings is 1. The van der Waals surface area contributed by atoms with E-state index in [1.807, 2.05) is 29.9 Å². The van der Waals surface area contributed by atoms with Crippen LogP contribution in [0.2, 0.25) is 0 Å². The second-order valence-corrected chi connectivity index (χ2v) is 7.04. The van der Waals surface area contributed by atoms with Gasteiger partial charge in [-0.15, -0.1) is 16.4 Å². The summed E-state index contributed by atoms with van der Waals surface area (Å²) < 4.78 is 4.65. The van der Waals surface area contributed by atoms with Crippen LogP contribution in [-0.2, 0) is 13.1 Å². The summed E-state index contributed by atoms with van der Waals surface area (Å²) in [5.41, 5.74) is 7.16. The highest BCUT2D eigenvalue weighted by Gasteiger charge is 2.11. The van der Waals surface area contributed by atoms with E-state index >= 15 is 0 Å². The highest BCUT2D eigenvalue weighted by atomic mass is 32.1. The van der Waals surface area contributed by atoms with Crippen LogP contribution in [0.3, 0.4) is 0 Å². The fourth-order valence-electron chi connectivity index (χ4n) is 3.01. The van der Waals surface area contributed by atoms with E-state index in [1.165, 1.54) is 0 Å². The fourth-order valence-corrected chi connectivity index (χ4v) is 3.75. The maximum absolute atomic E-state index is 9.04. The van der Waals surface area contributed by atoms with Gasteiger partial charge in [0.1, 0.15) is 5.52 Å². The van der Waals surface area contributed by atoms with E-state index in [0.717, 1.165) is 38.2 Å². The number of hydrogen-bond donors (Lipinski definition) is 1. The Morgan fingerprint density at radius 3 is 2.96 bits per heavy atom. The molecule has 8 nitrogen and oxygen atoms in total. The number of nitrogens with zero attached hydrogens (tertiary/aromatic N) is 7. The number of hydrogen-bond acceptors (Lipinski definition) is 7. The molecule has 27 heavy (non-hydrogen) atoms. The molecule has 0 saturated heterocycles. The minimum atomic E-state index is 0.0500. The average molecular weight is 377 g/mol. The van der Waals surface area contributed by atoms with E-state index < -0.39 is 0 Å². The van der Waals surface area contributed by atoms with Gasteiger partial charge in [0.15, 0.2) is 5.65 Å². The molecule has 0 unspecified atom stereocenters. The quantitative estimate of drug-likeness (QED) is 0.505. The first kappa shape index (κ1) is 16.0. The third-order valence-electron chi connectivity index (χ3n) is 4.35. The topological polar surface area (TPSA) is 94.5 Å². The van der Waals surface area contributed by atoms with Crippen LogP contribution >= 0.6 is 11.3 Å². The van der Waals surface area contributed by atoms with Gasteiger partial charge in [-0.05, 0) is 29.8 Å². The molecule has 134 valence electrons. The summed E-state index contributed by atoms with van der Waals surface area (Å²) >= 11 is 1.62. The van der Waals surface area contributed by atoms with Crippen molar-refractivity contribution in [2.45, 2.75) is 13.1 Å². The Hall–Kier alpha value is -3.17. The lowest BCUT2D eigenvalue weighted by Crippen LogP contribution is -2.03. The fraction of sp³-hybridized carbons (Fsp3) is 0.167. The number of aliphatic hydroxyl groups excluding tert-OH is 1. The van der Waals surface area contributed by atoms with Gasteiger partial charge in [-0.2, -0.15) is 5.10 Å². The minimum Gasteiger partial charge on any atom is -0.394 e. The van der Waals surface area contributed by atoms with E-state index in [1.54, 1.807) is 26.9 Å². The van der Waals surface area contributed by atoms with E-state index in [0.29, 0.717) is 13.1 Å². The standard InChI is InChI=1S/C18H15N7OS/c26-6-5-24-10-13(8-20-24)14-3-4-16-18(21-14)25(23-22-16)9-12-1-2-15-17(7-12)27-11-19-15/h1-4,7-8,10-11,26H,5-6,9H2. The van der Waals surface area contributed by atoms with Crippen LogP contribution in [-0.4, -0.2) is 46.5 Å². The van der Waals surface area contributed by atoms with Crippen molar-refractivity contribution >= 4 is 32.7 Å². The minimum absolute atomic E-state index is 0.0500. The van der Waals surface area contributed by atoms with Gasteiger partial charge >= 0.3 is 0 Å². The van der Waals surface area contributed by atoms with Gasteiger partial charge in [0.2, 0.25) is 0 Å². The van der Waals surface area contributed by atoms with Crippen molar-refractivity contribution in [2.24, 2.45) is 0 Å². The molecule has 0 spiro atoms. The van der Waals surface area contributed by atoms with Crippen molar-refractivity contribution in [3.8, 4) is 11.3 Å².